The fourth-order valence-corrected chi connectivity index (χ4v) is 7.71. The molecule has 274 valence electrons. The molecular formula is C38H55N5O7. The summed E-state index contributed by atoms with van der Waals surface area (Å²) in [6.45, 7) is 14.3. The lowest BCUT2D eigenvalue weighted by molar-refractivity contribution is -0.145. The number of fused-ring (bicyclic) bond motifs is 1. The van der Waals surface area contributed by atoms with Gasteiger partial charge in [0.15, 0.2) is 0 Å². The molecule has 2 saturated carbocycles. The first-order valence-electron chi connectivity index (χ1n) is 18.1. The lowest BCUT2D eigenvalue weighted by Crippen LogP contribution is -2.60. The fourth-order valence-electron chi connectivity index (χ4n) is 7.71. The number of alkyl carbamates (subject to hydrolysis) is 1. The molecule has 6 unspecified atom stereocenters. The molecule has 12 heteroatoms. The predicted molar refractivity (Wildman–Crippen MR) is 188 cm³/mol. The zero-order valence-corrected chi connectivity index (χ0v) is 30.2. The summed E-state index contributed by atoms with van der Waals surface area (Å²) in [5, 5.41) is 11.1. The highest BCUT2D eigenvalue weighted by Crippen LogP contribution is 2.65. The Kier molecular flexibility index (Phi) is 13.2. The lowest BCUT2D eigenvalue weighted by Gasteiger charge is -2.38. The number of piperidine rings is 1. The molecule has 50 heavy (non-hydrogen) atoms. The number of nitrogens with one attached hydrogen (secondary N) is 4. The van der Waals surface area contributed by atoms with Gasteiger partial charge in [0.1, 0.15) is 12.1 Å². The number of likely N-dealkylation sites (tertiary alicyclic amines) is 1. The van der Waals surface area contributed by atoms with Crippen LogP contribution in [-0.4, -0.2) is 78.2 Å². The molecule has 0 spiro atoms. The van der Waals surface area contributed by atoms with Crippen LogP contribution in [0, 0.1) is 35.0 Å². The first-order valence-corrected chi connectivity index (χ1v) is 18.1. The Morgan fingerprint density at radius 3 is 2.40 bits per heavy atom. The Balaban J connectivity index is 1.55. The van der Waals surface area contributed by atoms with Crippen LogP contribution in [0.25, 0.3) is 0 Å². The van der Waals surface area contributed by atoms with E-state index in [-0.39, 0.29) is 60.5 Å². The van der Waals surface area contributed by atoms with Crippen LogP contribution in [0.4, 0.5) is 4.79 Å². The van der Waals surface area contributed by atoms with Crippen molar-refractivity contribution < 1.29 is 33.5 Å². The second kappa shape index (κ2) is 17.1. The minimum Gasteiger partial charge on any atom is -0.449 e. The SMILES string of the molecule is C=CCNC(=O)C(=O)C(CCC)NC(=O)C1C2C(CN1C(=O)[C@H](NC(=O)OCC(C)C)C1CCCC(C(=O)NCc3ccccc3)C1)C2(C)C. The maximum atomic E-state index is 14.6. The van der Waals surface area contributed by atoms with E-state index in [9.17, 15) is 28.8 Å². The van der Waals surface area contributed by atoms with E-state index in [1.807, 2.05) is 51.1 Å². The topological polar surface area (TPSA) is 163 Å². The Hall–Kier alpha value is -4.22. The lowest BCUT2D eigenvalue weighted by atomic mass is 9.76. The second-order valence-corrected chi connectivity index (χ2v) is 15.0. The highest BCUT2D eigenvalue weighted by molar-refractivity contribution is 6.38. The number of hydrogen-bond donors (Lipinski definition) is 4. The Labute approximate surface area is 295 Å². The molecule has 7 atom stereocenters. The summed E-state index contributed by atoms with van der Waals surface area (Å²) in [4.78, 5) is 82.2. The molecule has 3 aliphatic rings. The Morgan fingerprint density at radius 1 is 1.02 bits per heavy atom. The molecule has 1 aromatic carbocycles. The largest absolute Gasteiger partial charge is 0.449 e. The molecule has 4 rings (SSSR count). The summed E-state index contributed by atoms with van der Waals surface area (Å²) < 4.78 is 5.43. The molecule has 12 nitrogen and oxygen atoms in total. The van der Waals surface area contributed by atoms with Gasteiger partial charge in [-0.3, -0.25) is 24.0 Å². The zero-order chi connectivity index (χ0) is 36.6. The number of benzene rings is 1. The van der Waals surface area contributed by atoms with Crippen LogP contribution in [0.2, 0.25) is 0 Å². The standard InChI is InChI=1S/C38H55N5O7/c1-7-13-28(32(44)35(47)39-18-8-2)41-34(46)31-29-27(38(29,5)6)21-43(31)36(48)30(42-37(49)50-22-23(3)4)25-16-12-17-26(19-25)33(45)40-20-24-14-10-9-11-15-24/h8-11,14-15,23,25-31H,2,7,12-13,16-22H2,1,3-6H3,(H,39,47)(H,40,45)(H,41,46)(H,42,49)/t25?,26?,27?,28?,29?,30-,31?/m1/s1. The molecule has 3 fully saturated rings. The van der Waals surface area contributed by atoms with Crippen LogP contribution < -0.4 is 21.3 Å². The van der Waals surface area contributed by atoms with Gasteiger partial charge in [-0.05, 0) is 60.3 Å². The van der Waals surface area contributed by atoms with Crippen molar-refractivity contribution in [3.63, 3.8) is 0 Å². The van der Waals surface area contributed by atoms with Crippen molar-refractivity contribution in [1.29, 1.82) is 0 Å². The zero-order valence-electron chi connectivity index (χ0n) is 30.2. The van der Waals surface area contributed by atoms with Gasteiger partial charge in [0.2, 0.25) is 23.5 Å². The van der Waals surface area contributed by atoms with Gasteiger partial charge in [0.25, 0.3) is 5.91 Å². The summed E-state index contributed by atoms with van der Waals surface area (Å²) in [6.07, 6.45) is 3.89. The summed E-state index contributed by atoms with van der Waals surface area (Å²) in [5.74, 6) is -3.31. The summed E-state index contributed by atoms with van der Waals surface area (Å²) in [5.41, 5.74) is 0.770. The number of carbonyl (C=O) groups excluding carboxylic acids is 6. The normalized spacial score (nSPS) is 24.6. The van der Waals surface area contributed by atoms with E-state index in [1.165, 1.54) is 11.0 Å². The van der Waals surface area contributed by atoms with E-state index >= 15 is 0 Å². The third-order valence-corrected chi connectivity index (χ3v) is 10.6. The summed E-state index contributed by atoms with van der Waals surface area (Å²) in [7, 11) is 0. The number of ether oxygens (including phenoxy) is 1. The van der Waals surface area contributed by atoms with Crippen molar-refractivity contribution in [2.45, 2.75) is 97.8 Å². The molecule has 1 aromatic rings. The quantitative estimate of drug-likeness (QED) is 0.152. The van der Waals surface area contributed by atoms with Crippen LogP contribution >= 0.6 is 0 Å². The highest BCUT2D eigenvalue weighted by Gasteiger charge is 2.69. The first kappa shape index (κ1) is 38.6. The van der Waals surface area contributed by atoms with E-state index in [4.69, 9.17) is 4.74 Å². The molecule has 1 aliphatic heterocycles. The first-order chi connectivity index (χ1) is 23.8. The van der Waals surface area contributed by atoms with Crippen molar-refractivity contribution in [1.82, 2.24) is 26.2 Å². The third-order valence-electron chi connectivity index (χ3n) is 10.6. The highest BCUT2D eigenvalue weighted by atomic mass is 16.5. The number of carbonyl (C=O) groups is 6. The average Bonchev–Trinajstić information content (AvgIpc) is 3.40. The summed E-state index contributed by atoms with van der Waals surface area (Å²) in [6, 6.07) is 6.67. The Bertz CT molecular complexity index is 1410. The van der Waals surface area contributed by atoms with Crippen molar-refractivity contribution in [2.24, 2.45) is 35.0 Å². The number of ketones is 1. The number of amides is 5. The van der Waals surface area contributed by atoms with Gasteiger partial charge in [0.05, 0.1) is 12.6 Å². The van der Waals surface area contributed by atoms with E-state index in [0.29, 0.717) is 45.2 Å². The number of hydrogen-bond acceptors (Lipinski definition) is 7. The van der Waals surface area contributed by atoms with Gasteiger partial charge in [-0.2, -0.15) is 0 Å². The van der Waals surface area contributed by atoms with Crippen LogP contribution in [-0.2, 0) is 35.3 Å². The second-order valence-electron chi connectivity index (χ2n) is 15.0. The molecule has 1 heterocycles. The van der Waals surface area contributed by atoms with Gasteiger partial charge in [-0.15, -0.1) is 6.58 Å². The van der Waals surface area contributed by atoms with E-state index in [0.717, 1.165) is 5.56 Å². The van der Waals surface area contributed by atoms with Crippen LogP contribution in [0.3, 0.4) is 0 Å². The van der Waals surface area contributed by atoms with Gasteiger partial charge >= 0.3 is 6.09 Å². The molecule has 0 bridgehead atoms. The predicted octanol–water partition coefficient (Wildman–Crippen LogP) is 3.50. The monoisotopic (exact) mass is 693 g/mol. The third kappa shape index (κ3) is 9.31. The van der Waals surface area contributed by atoms with Crippen molar-refractivity contribution in [3.05, 3.63) is 48.6 Å². The minimum absolute atomic E-state index is 0.0508. The molecular weight excluding hydrogens is 638 g/mol. The van der Waals surface area contributed by atoms with Gasteiger partial charge in [-0.25, -0.2) is 4.79 Å². The summed E-state index contributed by atoms with van der Waals surface area (Å²) >= 11 is 0. The van der Waals surface area contributed by atoms with Gasteiger partial charge < -0.3 is 30.9 Å². The molecule has 1 saturated heterocycles. The van der Waals surface area contributed by atoms with Crippen LogP contribution in [0.15, 0.2) is 43.0 Å². The van der Waals surface area contributed by atoms with Gasteiger partial charge in [-0.1, -0.05) is 83.9 Å². The molecule has 0 aromatic heterocycles. The maximum Gasteiger partial charge on any atom is 0.407 e. The van der Waals surface area contributed by atoms with Crippen molar-refractivity contribution >= 4 is 35.5 Å². The van der Waals surface area contributed by atoms with E-state index < -0.39 is 47.7 Å². The molecule has 5 amide bonds. The van der Waals surface area contributed by atoms with Crippen LogP contribution in [0.1, 0.15) is 78.7 Å². The average molecular weight is 694 g/mol. The Morgan fingerprint density at radius 2 is 1.74 bits per heavy atom. The molecule has 2 aliphatic carbocycles. The fraction of sp³-hybridized carbons (Fsp3) is 0.632. The number of Topliss-reactive ketones (excluding diaryl/α,β-unsaturated/α-hetero) is 1. The maximum absolute atomic E-state index is 14.6. The number of rotatable bonds is 16. The molecule has 4 N–H and O–H groups in total. The number of nitrogens with zero attached hydrogens (tertiary/aromatic N) is 1. The van der Waals surface area contributed by atoms with E-state index in [2.05, 4.69) is 41.7 Å². The van der Waals surface area contributed by atoms with Crippen LogP contribution in [0.5, 0.6) is 0 Å². The van der Waals surface area contributed by atoms with Gasteiger partial charge in [0, 0.05) is 25.6 Å². The van der Waals surface area contributed by atoms with E-state index in [1.54, 1.807) is 0 Å². The minimum atomic E-state index is -1.05. The smallest absolute Gasteiger partial charge is 0.407 e. The van der Waals surface area contributed by atoms with Crippen molar-refractivity contribution in [2.75, 3.05) is 19.7 Å². The van der Waals surface area contributed by atoms with Crippen molar-refractivity contribution in [3.8, 4) is 0 Å². The molecule has 0 radical (unpaired) electrons.